The SMILES string of the molecule is Cc1ccc(-c2nc(C)c(C(=O)O)s2)c(C)c1C. The Morgan fingerprint density at radius 2 is 1.83 bits per heavy atom. The van der Waals surface area contributed by atoms with Crippen molar-refractivity contribution in [2.24, 2.45) is 0 Å². The van der Waals surface area contributed by atoms with Crippen LogP contribution in [0, 0.1) is 27.7 Å². The second-order valence-corrected chi connectivity index (χ2v) is 5.42. The quantitative estimate of drug-likeness (QED) is 0.895. The fourth-order valence-corrected chi connectivity index (χ4v) is 2.89. The van der Waals surface area contributed by atoms with Gasteiger partial charge in [0.15, 0.2) is 0 Å². The maximum Gasteiger partial charge on any atom is 0.347 e. The monoisotopic (exact) mass is 261 g/mol. The molecule has 0 saturated carbocycles. The first-order chi connectivity index (χ1) is 8.41. The van der Waals surface area contributed by atoms with Crippen LogP contribution in [0.5, 0.6) is 0 Å². The minimum atomic E-state index is -0.905. The Kier molecular flexibility index (Phi) is 3.22. The number of benzene rings is 1. The normalized spacial score (nSPS) is 10.7. The summed E-state index contributed by atoms with van der Waals surface area (Å²) in [5, 5.41) is 9.85. The Labute approximate surface area is 110 Å². The molecule has 0 amide bonds. The molecule has 0 atom stereocenters. The van der Waals surface area contributed by atoms with E-state index < -0.39 is 5.97 Å². The molecule has 2 aromatic rings. The molecule has 1 aromatic carbocycles. The Bertz CT molecular complexity index is 629. The molecule has 0 radical (unpaired) electrons. The van der Waals surface area contributed by atoms with Crippen molar-refractivity contribution in [3.63, 3.8) is 0 Å². The van der Waals surface area contributed by atoms with Gasteiger partial charge in [-0.05, 0) is 44.4 Å². The number of nitrogens with zero attached hydrogens (tertiary/aromatic N) is 1. The lowest BCUT2D eigenvalue weighted by Gasteiger charge is -2.08. The Morgan fingerprint density at radius 3 is 2.39 bits per heavy atom. The highest BCUT2D eigenvalue weighted by Gasteiger charge is 2.16. The van der Waals surface area contributed by atoms with Crippen molar-refractivity contribution in [3.05, 3.63) is 39.4 Å². The molecule has 3 nitrogen and oxygen atoms in total. The molecule has 0 bridgehead atoms. The van der Waals surface area contributed by atoms with Crippen molar-refractivity contribution in [2.75, 3.05) is 0 Å². The van der Waals surface area contributed by atoms with Gasteiger partial charge in [0, 0.05) is 5.56 Å². The van der Waals surface area contributed by atoms with Gasteiger partial charge in [0.05, 0.1) is 5.69 Å². The van der Waals surface area contributed by atoms with E-state index in [1.54, 1.807) is 6.92 Å². The fraction of sp³-hybridized carbons (Fsp3) is 0.286. The lowest BCUT2D eigenvalue weighted by Crippen LogP contribution is -1.94. The highest BCUT2D eigenvalue weighted by molar-refractivity contribution is 7.17. The summed E-state index contributed by atoms with van der Waals surface area (Å²) >= 11 is 1.24. The highest BCUT2D eigenvalue weighted by Crippen LogP contribution is 2.32. The standard InChI is InChI=1S/C14H15NO2S/c1-7-5-6-11(9(3)8(7)2)13-15-10(4)12(18-13)14(16)17/h5-6H,1-4H3,(H,16,17). The lowest BCUT2D eigenvalue weighted by atomic mass is 9.99. The van der Waals surface area contributed by atoms with Gasteiger partial charge in [-0.1, -0.05) is 12.1 Å². The molecule has 4 heteroatoms. The number of aromatic nitrogens is 1. The second kappa shape index (κ2) is 4.53. The Balaban J connectivity index is 2.60. The number of carboxylic acid groups (broad SMARTS) is 1. The van der Waals surface area contributed by atoms with E-state index in [1.165, 1.54) is 28.0 Å². The fourth-order valence-electron chi connectivity index (χ4n) is 1.90. The minimum Gasteiger partial charge on any atom is -0.477 e. The molecule has 1 N–H and O–H groups in total. The predicted molar refractivity (Wildman–Crippen MR) is 73.5 cm³/mol. The smallest absolute Gasteiger partial charge is 0.347 e. The van der Waals surface area contributed by atoms with Crippen LogP contribution in [0.1, 0.15) is 32.1 Å². The van der Waals surface area contributed by atoms with Crippen molar-refractivity contribution in [3.8, 4) is 10.6 Å². The van der Waals surface area contributed by atoms with Crippen LogP contribution in [-0.4, -0.2) is 16.1 Å². The minimum absolute atomic E-state index is 0.322. The van der Waals surface area contributed by atoms with Crippen LogP contribution >= 0.6 is 11.3 Å². The zero-order valence-electron chi connectivity index (χ0n) is 10.9. The number of carbonyl (C=O) groups is 1. The van der Waals surface area contributed by atoms with Crippen LogP contribution in [0.3, 0.4) is 0 Å². The molecule has 1 heterocycles. The number of aryl methyl sites for hydroxylation is 2. The van der Waals surface area contributed by atoms with Gasteiger partial charge in [-0.2, -0.15) is 0 Å². The summed E-state index contributed by atoms with van der Waals surface area (Å²) in [5.74, 6) is -0.905. The third-order valence-corrected chi connectivity index (χ3v) is 4.46. The Hall–Kier alpha value is -1.68. The molecule has 0 unspecified atom stereocenters. The van der Waals surface area contributed by atoms with E-state index in [1.807, 2.05) is 6.07 Å². The molecule has 1 aromatic heterocycles. The van der Waals surface area contributed by atoms with Crippen LogP contribution in [0.4, 0.5) is 0 Å². The van der Waals surface area contributed by atoms with Crippen LogP contribution < -0.4 is 0 Å². The number of thiazole rings is 1. The third-order valence-electron chi connectivity index (χ3n) is 3.28. The molecular weight excluding hydrogens is 246 g/mol. The molecule has 18 heavy (non-hydrogen) atoms. The second-order valence-electron chi connectivity index (χ2n) is 4.42. The van der Waals surface area contributed by atoms with Gasteiger partial charge < -0.3 is 5.11 Å². The summed E-state index contributed by atoms with van der Waals surface area (Å²) in [6.45, 7) is 7.93. The van der Waals surface area contributed by atoms with E-state index in [-0.39, 0.29) is 0 Å². The van der Waals surface area contributed by atoms with Crippen molar-refractivity contribution in [1.82, 2.24) is 4.98 Å². The van der Waals surface area contributed by atoms with E-state index >= 15 is 0 Å². The summed E-state index contributed by atoms with van der Waals surface area (Å²) in [6, 6.07) is 4.07. The molecule has 0 spiro atoms. The first kappa shape index (κ1) is 12.8. The largest absolute Gasteiger partial charge is 0.477 e. The van der Waals surface area contributed by atoms with E-state index in [9.17, 15) is 4.79 Å². The van der Waals surface area contributed by atoms with E-state index in [0.29, 0.717) is 10.6 Å². The van der Waals surface area contributed by atoms with Gasteiger partial charge >= 0.3 is 5.97 Å². The molecular formula is C14H15NO2S. The van der Waals surface area contributed by atoms with E-state index in [4.69, 9.17) is 5.11 Å². The third kappa shape index (κ3) is 2.04. The first-order valence-corrected chi connectivity index (χ1v) is 6.51. The molecule has 2 rings (SSSR count). The zero-order chi connectivity index (χ0) is 13.4. The topological polar surface area (TPSA) is 50.2 Å². The van der Waals surface area contributed by atoms with Crippen LogP contribution in [0.25, 0.3) is 10.6 Å². The predicted octanol–water partition coefficient (Wildman–Crippen LogP) is 3.74. The van der Waals surface area contributed by atoms with Gasteiger partial charge in [0.25, 0.3) is 0 Å². The number of rotatable bonds is 2. The van der Waals surface area contributed by atoms with Crippen molar-refractivity contribution < 1.29 is 9.90 Å². The lowest BCUT2D eigenvalue weighted by molar-refractivity contribution is 0.0701. The number of carboxylic acids is 1. The molecule has 0 fully saturated rings. The van der Waals surface area contributed by atoms with E-state index in [0.717, 1.165) is 10.6 Å². The van der Waals surface area contributed by atoms with Gasteiger partial charge in [-0.3, -0.25) is 0 Å². The summed E-state index contributed by atoms with van der Waals surface area (Å²) in [7, 11) is 0. The first-order valence-electron chi connectivity index (χ1n) is 5.69. The van der Waals surface area contributed by atoms with Crippen molar-refractivity contribution >= 4 is 17.3 Å². The average Bonchev–Trinajstić information content (AvgIpc) is 2.68. The molecule has 0 aliphatic rings. The van der Waals surface area contributed by atoms with Gasteiger partial charge in [0.2, 0.25) is 0 Å². The molecule has 0 aliphatic heterocycles. The van der Waals surface area contributed by atoms with Crippen LogP contribution in [0.15, 0.2) is 12.1 Å². The molecule has 0 saturated heterocycles. The van der Waals surface area contributed by atoms with Gasteiger partial charge in [0.1, 0.15) is 9.88 Å². The van der Waals surface area contributed by atoms with Gasteiger partial charge in [-0.25, -0.2) is 9.78 Å². The van der Waals surface area contributed by atoms with Crippen LogP contribution in [0.2, 0.25) is 0 Å². The number of hydrogen-bond donors (Lipinski definition) is 1. The molecule has 94 valence electrons. The Morgan fingerprint density at radius 1 is 1.17 bits per heavy atom. The summed E-state index contributed by atoms with van der Waals surface area (Å²) in [5.41, 5.74) is 5.25. The van der Waals surface area contributed by atoms with Crippen molar-refractivity contribution in [2.45, 2.75) is 27.7 Å². The van der Waals surface area contributed by atoms with E-state index in [2.05, 4.69) is 31.8 Å². The summed E-state index contributed by atoms with van der Waals surface area (Å²) in [6.07, 6.45) is 0. The van der Waals surface area contributed by atoms with Gasteiger partial charge in [-0.15, -0.1) is 11.3 Å². The average molecular weight is 261 g/mol. The molecule has 0 aliphatic carbocycles. The number of hydrogen-bond acceptors (Lipinski definition) is 3. The van der Waals surface area contributed by atoms with Crippen LogP contribution in [-0.2, 0) is 0 Å². The zero-order valence-corrected chi connectivity index (χ0v) is 11.7. The maximum atomic E-state index is 11.0. The maximum absolute atomic E-state index is 11.0. The van der Waals surface area contributed by atoms with Crippen molar-refractivity contribution in [1.29, 1.82) is 0 Å². The summed E-state index contributed by atoms with van der Waals surface area (Å²) in [4.78, 5) is 15.7. The number of aromatic carboxylic acids is 1. The summed E-state index contributed by atoms with van der Waals surface area (Å²) < 4.78 is 0. The highest BCUT2D eigenvalue weighted by atomic mass is 32.1.